The van der Waals surface area contributed by atoms with Gasteiger partial charge in [-0.1, -0.05) is 42.5 Å². The zero-order chi connectivity index (χ0) is 9.52. The zero-order valence-corrected chi connectivity index (χ0v) is 8.53. The summed E-state index contributed by atoms with van der Waals surface area (Å²) in [6.07, 6.45) is 5.49. The lowest BCUT2D eigenvalue weighted by Crippen LogP contribution is -1.67. The van der Waals surface area contributed by atoms with Gasteiger partial charge in [-0.25, -0.2) is 0 Å². The third-order valence-corrected chi connectivity index (χ3v) is 1.88. The maximum atomic E-state index is 8.43. The highest BCUT2D eigenvalue weighted by atomic mass is 79.9. The molecule has 13 heavy (non-hydrogen) atoms. The molecule has 0 radical (unpaired) electrons. The van der Waals surface area contributed by atoms with Gasteiger partial charge in [0.05, 0.1) is 4.48 Å². The predicted octanol–water partition coefficient (Wildman–Crippen LogP) is 3.50. The molecule has 64 valence electrons. The standard InChI is InChI=1S/C11H8BrN/c12-11(9-13)8-4-7-10-5-2-1-3-6-10/h1-8H/b7-4+,11-8-. The molecule has 0 saturated carbocycles. The van der Waals surface area contributed by atoms with Crippen molar-refractivity contribution in [3.8, 4) is 6.07 Å². The molecule has 1 aromatic carbocycles. The molecule has 0 N–H and O–H groups in total. The first-order valence-electron chi connectivity index (χ1n) is 3.82. The van der Waals surface area contributed by atoms with Crippen LogP contribution in [0.25, 0.3) is 6.08 Å². The number of rotatable bonds is 2. The Labute approximate surface area is 86.1 Å². The SMILES string of the molecule is N#C/C(Br)=C/C=C/c1ccccc1. The Hall–Kier alpha value is -1.33. The van der Waals surface area contributed by atoms with Gasteiger partial charge in [0.2, 0.25) is 0 Å². The van der Waals surface area contributed by atoms with Crippen LogP contribution in [-0.4, -0.2) is 0 Å². The Bertz CT molecular complexity index is 357. The monoisotopic (exact) mass is 233 g/mol. The van der Waals surface area contributed by atoms with Gasteiger partial charge in [0, 0.05) is 0 Å². The smallest absolute Gasteiger partial charge is 0.107 e. The van der Waals surface area contributed by atoms with Gasteiger partial charge in [-0.05, 0) is 27.6 Å². The van der Waals surface area contributed by atoms with Gasteiger partial charge < -0.3 is 0 Å². The maximum absolute atomic E-state index is 8.43. The largest absolute Gasteiger partial charge is 0.192 e. The Morgan fingerprint density at radius 3 is 2.62 bits per heavy atom. The summed E-state index contributed by atoms with van der Waals surface area (Å²) in [7, 11) is 0. The van der Waals surface area contributed by atoms with Crippen LogP contribution in [0.5, 0.6) is 0 Å². The topological polar surface area (TPSA) is 23.8 Å². The molecule has 0 fully saturated rings. The third kappa shape index (κ3) is 3.73. The molecule has 0 aromatic heterocycles. The summed E-state index contributed by atoms with van der Waals surface area (Å²) in [5, 5.41) is 8.43. The number of benzene rings is 1. The molecule has 2 heteroatoms. The molecule has 0 aliphatic heterocycles. The Balaban J connectivity index is 2.66. The van der Waals surface area contributed by atoms with E-state index in [0.717, 1.165) is 5.56 Å². The van der Waals surface area contributed by atoms with E-state index >= 15 is 0 Å². The Morgan fingerprint density at radius 2 is 2.00 bits per heavy atom. The van der Waals surface area contributed by atoms with Crippen molar-refractivity contribution in [3.05, 3.63) is 52.5 Å². The number of allylic oxidation sites excluding steroid dienone is 3. The third-order valence-electron chi connectivity index (χ3n) is 1.44. The summed E-state index contributed by atoms with van der Waals surface area (Å²) < 4.78 is 0.527. The Kier molecular flexibility index (Phi) is 4.01. The molecule has 0 aliphatic carbocycles. The van der Waals surface area contributed by atoms with E-state index in [1.807, 2.05) is 48.6 Å². The van der Waals surface area contributed by atoms with Crippen LogP contribution in [0.15, 0.2) is 47.0 Å². The molecule has 0 spiro atoms. The van der Waals surface area contributed by atoms with Gasteiger partial charge in [-0.2, -0.15) is 5.26 Å². The van der Waals surface area contributed by atoms with Crippen LogP contribution in [-0.2, 0) is 0 Å². The van der Waals surface area contributed by atoms with E-state index in [-0.39, 0.29) is 0 Å². The van der Waals surface area contributed by atoms with Crippen molar-refractivity contribution < 1.29 is 0 Å². The first kappa shape index (κ1) is 9.76. The summed E-state index contributed by atoms with van der Waals surface area (Å²) in [4.78, 5) is 0. The molecule has 0 saturated heterocycles. The van der Waals surface area contributed by atoms with E-state index in [1.54, 1.807) is 6.08 Å². The van der Waals surface area contributed by atoms with Crippen LogP contribution in [0.1, 0.15) is 5.56 Å². The molecule has 0 amide bonds. The fourth-order valence-corrected chi connectivity index (χ4v) is 0.998. The first-order chi connectivity index (χ1) is 6.33. The molecule has 1 rings (SSSR count). The van der Waals surface area contributed by atoms with E-state index in [4.69, 9.17) is 5.26 Å². The fourth-order valence-electron chi connectivity index (χ4n) is 0.845. The summed E-state index contributed by atoms with van der Waals surface area (Å²) in [5.41, 5.74) is 1.12. The second-order valence-corrected chi connectivity index (χ2v) is 3.25. The quantitative estimate of drug-likeness (QED) is 0.567. The molecule has 0 unspecified atom stereocenters. The normalized spacial score (nSPS) is 11.5. The van der Waals surface area contributed by atoms with Gasteiger partial charge in [-0.3, -0.25) is 0 Å². The number of hydrogen-bond acceptors (Lipinski definition) is 1. The second kappa shape index (κ2) is 5.34. The van der Waals surface area contributed by atoms with Crippen LogP contribution >= 0.6 is 15.9 Å². The lowest BCUT2D eigenvalue weighted by molar-refractivity contribution is 1.53. The average molecular weight is 234 g/mol. The number of halogens is 1. The van der Waals surface area contributed by atoms with Crippen molar-refractivity contribution in [1.82, 2.24) is 0 Å². The maximum Gasteiger partial charge on any atom is 0.107 e. The van der Waals surface area contributed by atoms with Crippen molar-refractivity contribution in [3.63, 3.8) is 0 Å². The highest BCUT2D eigenvalue weighted by Crippen LogP contribution is 2.05. The van der Waals surface area contributed by atoms with Gasteiger partial charge in [0.15, 0.2) is 0 Å². The predicted molar refractivity (Wildman–Crippen MR) is 58.1 cm³/mol. The minimum Gasteiger partial charge on any atom is -0.192 e. The lowest BCUT2D eigenvalue weighted by Gasteiger charge is -1.88. The van der Waals surface area contributed by atoms with E-state index in [9.17, 15) is 0 Å². The number of nitrogens with zero attached hydrogens (tertiary/aromatic N) is 1. The molecular formula is C11H8BrN. The van der Waals surface area contributed by atoms with Crippen molar-refractivity contribution in [2.45, 2.75) is 0 Å². The second-order valence-electron chi connectivity index (χ2n) is 2.40. The van der Waals surface area contributed by atoms with Crippen molar-refractivity contribution in [1.29, 1.82) is 5.26 Å². The number of hydrogen-bond donors (Lipinski definition) is 0. The van der Waals surface area contributed by atoms with Crippen LogP contribution in [0.3, 0.4) is 0 Å². The fraction of sp³-hybridized carbons (Fsp3) is 0. The van der Waals surface area contributed by atoms with E-state index in [0.29, 0.717) is 4.48 Å². The summed E-state index contributed by atoms with van der Waals surface area (Å²) >= 11 is 3.10. The molecular weight excluding hydrogens is 226 g/mol. The van der Waals surface area contributed by atoms with E-state index in [1.165, 1.54) is 0 Å². The van der Waals surface area contributed by atoms with Gasteiger partial charge in [0.1, 0.15) is 6.07 Å². The van der Waals surface area contributed by atoms with Gasteiger partial charge >= 0.3 is 0 Å². The van der Waals surface area contributed by atoms with Crippen LogP contribution < -0.4 is 0 Å². The van der Waals surface area contributed by atoms with Crippen molar-refractivity contribution >= 4 is 22.0 Å². The number of nitriles is 1. The first-order valence-corrected chi connectivity index (χ1v) is 4.61. The minimum absolute atomic E-state index is 0.527. The van der Waals surface area contributed by atoms with Gasteiger partial charge in [-0.15, -0.1) is 0 Å². The molecule has 0 aliphatic rings. The lowest BCUT2D eigenvalue weighted by atomic mass is 10.2. The summed E-state index contributed by atoms with van der Waals surface area (Å²) in [6, 6.07) is 11.9. The zero-order valence-electron chi connectivity index (χ0n) is 6.94. The highest BCUT2D eigenvalue weighted by molar-refractivity contribution is 9.12. The van der Waals surface area contributed by atoms with E-state index in [2.05, 4.69) is 15.9 Å². The highest BCUT2D eigenvalue weighted by Gasteiger charge is 1.82. The Morgan fingerprint density at radius 1 is 1.31 bits per heavy atom. The molecule has 0 bridgehead atoms. The van der Waals surface area contributed by atoms with Crippen LogP contribution in [0, 0.1) is 11.3 Å². The molecule has 0 atom stereocenters. The summed E-state index contributed by atoms with van der Waals surface area (Å²) in [5.74, 6) is 0. The molecule has 1 aromatic rings. The van der Waals surface area contributed by atoms with Crippen LogP contribution in [0.2, 0.25) is 0 Å². The van der Waals surface area contributed by atoms with Crippen molar-refractivity contribution in [2.24, 2.45) is 0 Å². The van der Waals surface area contributed by atoms with Gasteiger partial charge in [0.25, 0.3) is 0 Å². The average Bonchev–Trinajstić information content (AvgIpc) is 2.19. The summed E-state index contributed by atoms with van der Waals surface area (Å²) in [6.45, 7) is 0. The molecule has 0 heterocycles. The van der Waals surface area contributed by atoms with Crippen molar-refractivity contribution in [2.75, 3.05) is 0 Å². The van der Waals surface area contributed by atoms with Crippen LogP contribution in [0.4, 0.5) is 0 Å². The van der Waals surface area contributed by atoms with E-state index < -0.39 is 0 Å². The molecule has 1 nitrogen and oxygen atoms in total. The minimum atomic E-state index is 0.527.